The highest BCUT2D eigenvalue weighted by molar-refractivity contribution is 5.37. The van der Waals surface area contributed by atoms with Crippen LogP contribution < -0.4 is 0 Å². The average Bonchev–Trinajstić information content (AvgIpc) is 2.03. The second-order valence-corrected chi connectivity index (χ2v) is 4.24. The van der Waals surface area contributed by atoms with Crippen LogP contribution in [0.15, 0.2) is 11.6 Å². The molecule has 2 heteroatoms. The lowest BCUT2D eigenvalue weighted by Gasteiger charge is -2.07. The van der Waals surface area contributed by atoms with Gasteiger partial charge in [-0.3, -0.25) is 4.79 Å². The third-order valence-electron chi connectivity index (χ3n) is 2.14. The van der Waals surface area contributed by atoms with Gasteiger partial charge < -0.3 is 4.74 Å². The first-order chi connectivity index (χ1) is 6.56. The van der Waals surface area contributed by atoms with Crippen molar-refractivity contribution in [2.75, 3.05) is 0 Å². The molecule has 0 radical (unpaired) electrons. The topological polar surface area (TPSA) is 26.3 Å². The van der Waals surface area contributed by atoms with E-state index in [0.717, 1.165) is 12.3 Å². The molecular formula is C12H22O2. The molecule has 0 fully saturated rings. The van der Waals surface area contributed by atoms with Crippen LogP contribution in [0.5, 0.6) is 0 Å². The minimum atomic E-state index is -0.0912. The van der Waals surface area contributed by atoms with Crippen LogP contribution in [0.3, 0.4) is 0 Å². The SMILES string of the molecule is C/C(=C/C(C)OC=O)CCCC(C)C. The van der Waals surface area contributed by atoms with Crippen molar-refractivity contribution >= 4 is 6.47 Å². The second kappa shape index (κ2) is 7.60. The van der Waals surface area contributed by atoms with Gasteiger partial charge in [0.25, 0.3) is 6.47 Å². The van der Waals surface area contributed by atoms with E-state index in [0.29, 0.717) is 6.47 Å². The van der Waals surface area contributed by atoms with Crippen LogP contribution >= 0.6 is 0 Å². The van der Waals surface area contributed by atoms with E-state index in [9.17, 15) is 4.79 Å². The fraction of sp³-hybridized carbons (Fsp3) is 0.750. The van der Waals surface area contributed by atoms with Gasteiger partial charge in [0.1, 0.15) is 6.10 Å². The maximum Gasteiger partial charge on any atom is 0.293 e. The number of carbonyl (C=O) groups is 1. The third-order valence-corrected chi connectivity index (χ3v) is 2.14. The molecule has 0 amide bonds. The Morgan fingerprint density at radius 3 is 2.50 bits per heavy atom. The Balaban J connectivity index is 3.70. The molecule has 0 aromatic rings. The number of rotatable bonds is 7. The first-order valence-electron chi connectivity index (χ1n) is 5.32. The summed E-state index contributed by atoms with van der Waals surface area (Å²) in [5.41, 5.74) is 1.31. The quantitative estimate of drug-likeness (QED) is 0.463. The van der Waals surface area contributed by atoms with E-state index in [1.54, 1.807) is 0 Å². The minimum Gasteiger partial charge on any atom is -0.461 e. The molecule has 0 aliphatic rings. The highest BCUT2D eigenvalue weighted by Crippen LogP contribution is 2.12. The van der Waals surface area contributed by atoms with Crippen LogP contribution in [-0.2, 0) is 9.53 Å². The molecule has 0 N–H and O–H groups in total. The van der Waals surface area contributed by atoms with E-state index in [-0.39, 0.29) is 6.10 Å². The standard InChI is InChI=1S/C12H22O2/c1-10(2)6-5-7-11(3)8-12(4)14-9-13/h8-10,12H,5-7H2,1-4H3/b11-8-. The van der Waals surface area contributed by atoms with E-state index in [4.69, 9.17) is 4.74 Å². The second-order valence-electron chi connectivity index (χ2n) is 4.24. The van der Waals surface area contributed by atoms with Gasteiger partial charge in [-0.05, 0) is 38.7 Å². The number of hydrogen-bond donors (Lipinski definition) is 0. The monoisotopic (exact) mass is 198 g/mol. The summed E-state index contributed by atoms with van der Waals surface area (Å²) in [6.07, 6.45) is 5.49. The predicted molar refractivity (Wildman–Crippen MR) is 59.1 cm³/mol. The largest absolute Gasteiger partial charge is 0.461 e. The zero-order chi connectivity index (χ0) is 11.0. The highest BCUT2D eigenvalue weighted by atomic mass is 16.5. The third kappa shape index (κ3) is 7.84. The fourth-order valence-corrected chi connectivity index (χ4v) is 1.40. The smallest absolute Gasteiger partial charge is 0.293 e. The maximum absolute atomic E-state index is 10.0. The van der Waals surface area contributed by atoms with Gasteiger partial charge in [-0.25, -0.2) is 0 Å². The molecule has 82 valence electrons. The van der Waals surface area contributed by atoms with Crippen molar-refractivity contribution in [3.8, 4) is 0 Å². The molecule has 2 nitrogen and oxygen atoms in total. The molecule has 0 spiro atoms. The van der Waals surface area contributed by atoms with E-state index < -0.39 is 0 Å². The minimum absolute atomic E-state index is 0.0912. The molecule has 0 heterocycles. The normalized spacial score (nSPS) is 14.2. The Labute approximate surface area is 87.3 Å². The first kappa shape index (κ1) is 13.2. The Hall–Kier alpha value is -0.790. The van der Waals surface area contributed by atoms with Crippen molar-refractivity contribution in [3.05, 3.63) is 11.6 Å². The molecule has 0 saturated carbocycles. The molecule has 0 rings (SSSR count). The summed E-state index contributed by atoms with van der Waals surface area (Å²) < 4.78 is 4.78. The van der Waals surface area contributed by atoms with Crippen LogP contribution in [0.4, 0.5) is 0 Å². The van der Waals surface area contributed by atoms with Crippen LogP contribution in [0, 0.1) is 5.92 Å². The zero-order valence-electron chi connectivity index (χ0n) is 9.75. The summed E-state index contributed by atoms with van der Waals surface area (Å²) in [5.74, 6) is 0.770. The predicted octanol–water partition coefficient (Wildman–Crippen LogP) is 3.32. The number of carbonyl (C=O) groups excluding carboxylic acids is 1. The van der Waals surface area contributed by atoms with Gasteiger partial charge in [-0.1, -0.05) is 25.8 Å². The van der Waals surface area contributed by atoms with E-state index in [1.807, 2.05) is 13.0 Å². The van der Waals surface area contributed by atoms with Gasteiger partial charge in [0.05, 0.1) is 0 Å². The lowest BCUT2D eigenvalue weighted by Crippen LogP contribution is -2.03. The molecule has 0 bridgehead atoms. The molecule has 0 saturated heterocycles. The fourth-order valence-electron chi connectivity index (χ4n) is 1.40. The van der Waals surface area contributed by atoms with Gasteiger partial charge in [-0.2, -0.15) is 0 Å². The van der Waals surface area contributed by atoms with Crippen LogP contribution in [0.1, 0.15) is 47.0 Å². The molecule has 0 aliphatic carbocycles. The molecule has 1 unspecified atom stereocenters. The van der Waals surface area contributed by atoms with Crippen molar-refractivity contribution < 1.29 is 9.53 Å². The molecule has 1 atom stereocenters. The number of hydrogen-bond acceptors (Lipinski definition) is 2. The maximum atomic E-state index is 10.0. The van der Waals surface area contributed by atoms with Crippen LogP contribution in [0.25, 0.3) is 0 Å². The van der Waals surface area contributed by atoms with E-state index >= 15 is 0 Å². The Morgan fingerprint density at radius 2 is 2.00 bits per heavy atom. The number of ether oxygens (including phenoxy) is 1. The molecule has 14 heavy (non-hydrogen) atoms. The van der Waals surface area contributed by atoms with Gasteiger partial charge in [0.2, 0.25) is 0 Å². The molecule has 0 aromatic heterocycles. The Kier molecular flexibility index (Phi) is 7.17. The summed E-state index contributed by atoms with van der Waals surface area (Å²) >= 11 is 0. The van der Waals surface area contributed by atoms with Crippen molar-refractivity contribution in [2.45, 2.75) is 53.1 Å². The van der Waals surface area contributed by atoms with Gasteiger partial charge in [0, 0.05) is 0 Å². The van der Waals surface area contributed by atoms with Gasteiger partial charge >= 0.3 is 0 Å². The van der Waals surface area contributed by atoms with Crippen molar-refractivity contribution in [2.24, 2.45) is 5.92 Å². The Morgan fingerprint density at radius 1 is 1.36 bits per heavy atom. The van der Waals surface area contributed by atoms with Crippen molar-refractivity contribution in [1.82, 2.24) is 0 Å². The van der Waals surface area contributed by atoms with Crippen molar-refractivity contribution in [1.29, 1.82) is 0 Å². The summed E-state index contributed by atoms with van der Waals surface area (Å²) in [5, 5.41) is 0. The molecular weight excluding hydrogens is 176 g/mol. The van der Waals surface area contributed by atoms with E-state index in [2.05, 4.69) is 20.8 Å². The lowest BCUT2D eigenvalue weighted by atomic mass is 10.0. The summed E-state index contributed by atoms with van der Waals surface area (Å²) in [6, 6.07) is 0. The lowest BCUT2D eigenvalue weighted by molar-refractivity contribution is -0.130. The van der Waals surface area contributed by atoms with Gasteiger partial charge in [-0.15, -0.1) is 0 Å². The molecule has 0 aliphatic heterocycles. The average molecular weight is 198 g/mol. The summed E-state index contributed by atoms with van der Waals surface area (Å²) in [4.78, 5) is 10.0. The van der Waals surface area contributed by atoms with Gasteiger partial charge in [0.15, 0.2) is 0 Å². The molecule has 0 aromatic carbocycles. The summed E-state index contributed by atoms with van der Waals surface area (Å²) in [7, 11) is 0. The first-order valence-corrected chi connectivity index (χ1v) is 5.32. The van der Waals surface area contributed by atoms with Crippen LogP contribution in [-0.4, -0.2) is 12.6 Å². The Bertz CT molecular complexity index is 183. The number of allylic oxidation sites excluding steroid dienone is 1. The van der Waals surface area contributed by atoms with Crippen LogP contribution in [0.2, 0.25) is 0 Å². The highest BCUT2D eigenvalue weighted by Gasteiger charge is 1.99. The van der Waals surface area contributed by atoms with Crippen molar-refractivity contribution in [3.63, 3.8) is 0 Å². The van der Waals surface area contributed by atoms with E-state index in [1.165, 1.54) is 18.4 Å². The summed E-state index contributed by atoms with van der Waals surface area (Å²) in [6.45, 7) is 8.93. The zero-order valence-corrected chi connectivity index (χ0v) is 9.75.